The number of aromatic amines is 1. The van der Waals surface area contributed by atoms with E-state index in [4.69, 9.17) is 5.73 Å². The Kier molecular flexibility index (Phi) is 2.69. The number of benzene rings is 1. The van der Waals surface area contributed by atoms with Gasteiger partial charge in [-0.05, 0) is 18.2 Å². The van der Waals surface area contributed by atoms with Crippen LogP contribution < -0.4 is 11.4 Å². The summed E-state index contributed by atoms with van der Waals surface area (Å²) in [6.45, 7) is 0.341. The summed E-state index contributed by atoms with van der Waals surface area (Å²) in [5.74, 6) is 0.220. The number of H-pyrrole nitrogens is 1. The minimum Gasteiger partial charge on any atom is -0.383 e. The highest BCUT2D eigenvalue weighted by Gasteiger charge is 2.10. The van der Waals surface area contributed by atoms with Crippen molar-refractivity contribution < 1.29 is 0 Å². The molecular weight excluding hydrogens is 278 g/mol. The highest BCUT2D eigenvalue weighted by atomic mass is 16.1. The Morgan fingerprint density at radius 1 is 1.09 bits per heavy atom. The molecule has 3 N–H and O–H groups in total. The lowest BCUT2D eigenvalue weighted by Gasteiger charge is -2.08. The largest absolute Gasteiger partial charge is 0.383 e. The number of pyridine rings is 1. The van der Waals surface area contributed by atoms with Crippen molar-refractivity contribution in [2.24, 2.45) is 0 Å². The molecule has 3 heterocycles. The molecule has 0 aliphatic rings. The fraction of sp³-hybridized carbons (Fsp3) is 0.0625. The van der Waals surface area contributed by atoms with E-state index in [9.17, 15) is 4.79 Å². The maximum atomic E-state index is 11.9. The molecule has 6 nitrogen and oxygen atoms in total. The lowest BCUT2D eigenvalue weighted by molar-refractivity contribution is 0.719. The van der Waals surface area contributed by atoms with Crippen molar-refractivity contribution in [2.45, 2.75) is 6.54 Å². The van der Waals surface area contributed by atoms with Crippen LogP contribution in [0.15, 0.2) is 53.6 Å². The molecule has 0 radical (unpaired) electrons. The number of nitrogen functional groups attached to an aromatic ring is 1. The maximum Gasteiger partial charge on any atom is 0.349 e. The Morgan fingerprint density at radius 2 is 1.95 bits per heavy atom. The number of hydrogen-bond acceptors (Lipinski definition) is 4. The Morgan fingerprint density at radius 3 is 2.82 bits per heavy atom. The fourth-order valence-electron chi connectivity index (χ4n) is 2.67. The van der Waals surface area contributed by atoms with Gasteiger partial charge in [-0.15, -0.1) is 0 Å². The number of rotatable bonds is 2. The molecule has 0 unspecified atom stereocenters. The summed E-state index contributed by atoms with van der Waals surface area (Å²) >= 11 is 0. The first kappa shape index (κ1) is 12.6. The molecule has 108 valence electrons. The van der Waals surface area contributed by atoms with Gasteiger partial charge < -0.3 is 10.7 Å². The summed E-state index contributed by atoms with van der Waals surface area (Å²) in [5.41, 5.74) is 7.78. The minimum atomic E-state index is -0.380. The van der Waals surface area contributed by atoms with E-state index in [1.165, 1.54) is 4.57 Å². The molecule has 3 aromatic heterocycles. The minimum absolute atomic E-state index is 0.220. The van der Waals surface area contributed by atoms with Crippen molar-refractivity contribution in [1.29, 1.82) is 0 Å². The standard InChI is InChI=1S/C16H13N5O/c17-14-6-8-21(16(22)20-14)9-13-15-11(5-7-18-15)10-3-1-2-4-12(10)19-13/h1-8,18H,9H2,(H2,17,20,22). The summed E-state index contributed by atoms with van der Waals surface area (Å²) in [6, 6.07) is 11.6. The van der Waals surface area contributed by atoms with Gasteiger partial charge in [0.2, 0.25) is 0 Å². The number of hydrogen-bond donors (Lipinski definition) is 2. The molecule has 0 spiro atoms. The van der Waals surface area contributed by atoms with Gasteiger partial charge in [0.1, 0.15) is 5.82 Å². The van der Waals surface area contributed by atoms with Gasteiger partial charge >= 0.3 is 5.69 Å². The normalized spacial score (nSPS) is 11.3. The quantitative estimate of drug-likeness (QED) is 0.590. The van der Waals surface area contributed by atoms with E-state index in [1.807, 2.05) is 36.5 Å². The zero-order valence-corrected chi connectivity index (χ0v) is 11.7. The van der Waals surface area contributed by atoms with Crippen LogP contribution in [0.5, 0.6) is 0 Å². The molecule has 0 bridgehead atoms. The summed E-state index contributed by atoms with van der Waals surface area (Å²) in [4.78, 5) is 23.6. The summed E-state index contributed by atoms with van der Waals surface area (Å²) in [5, 5.41) is 2.18. The van der Waals surface area contributed by atoms with Crippen LogP contribution in [0.2, 0.25) is 0 Å². The van der Waals surface area contributed by atoms with Gasteiger partial charge in [0, 0.05) is 23.2 Å². The van der Waals surface area contributed by atoms with E-state index in [-0.39, 0.29) is 11.5 Å². The van der Waals surface area contributed by atoms with E-state index in [0.717, 1.165) is 27.5 Å². The molecule has 0 saturated heterocycles. The van der Waals surface area contributed by atoms with Crippen molar-refractivity contribution in [3.63, 3.8) is 0 Å². The highest BCUT2D eigenvalue weighted by molar-refractivity contribution is 6.05. The van der Waals surface area contributed by atoms with Gasteiger partial charge in [-0.2, -0.15) is 4.98 Å². The number of anilines is 1. The molecule has 0 fully saturated rings. The van der Waals surface area contributed by atoms with Crippen molar-refractivity contribution >= 4 is 27.6 Å². The molecule has 4 aromatic rings. The van der Waals surface area contributed by atoms with Crippen LogP contribution in [0.1, 0.15) is 5.69 Å². The third-order valence-corrected chi connectivity index (χ3v) is 3.70. The Bertz CT molecular complexity index is 1050. The first-order valence-electron chi connectivity index (χ1n) is 6.90. The summed E-state index contributed by atoms with van der Waals surface area (Å²) in [6.07, 6.45) is 3.52. The molecule has 6 heteroatoms. The van der Waals surface area contributed by atoms with Gasteiger partial charge in [0.15, 0.2) is 0 Å². The first-order valence-corrected chi connectivity index (χ1v) is 6.90. The van der Waals surface area contributed by atoms with E-state index in [0.29, 0.717) is 6.54 Å². The number of nitrogens with one attached hydrogen (secondary N) is 1. The van der Waals surface area contributed by atoms with E-state index >= 15 is 0 Å². The maximum absolute atomic E-state index is 11.9. The third kappa shape index (κ3) is 1.93. The van der Waals surface area contributed by atoms with Crippen molar-refractivity contribution in [3.05, 3.63) is 65.0 Å². The molecule has 1 aromatic carbocycles. The Balaban J connectivity index is 1.93. The number of nitrogens with zero attached hydrogens (tertiary/aromatic N) is 3. The lowest BCUT2D eigenvalue weighted by Crippen LogP contribution is -2.24. The van der Waals surface area contributed by atoms with Crippen LogP contribution in [0.3, 0.4) is 0 Å². The molecule has 0 aliphatic heterocycles. The number of para-hydroxylation sites is 1. The van der Waals surface area contributed by atoms with Crippen LogP contribution in [0, 0.1) is 0 Å². The first-order chi connectivity index (χ1) is 10.7. The second-order valence-electron chi connectivity index (χ2n) is 5.10. The van der Waals surface area contributed by atoms with E-state index < -0.39 is 0 Å². The van der Waals surface area contributed by atoms with Crippen molar-refractivity contribution in [1.82, 2.24) is 19.5 Å². The van der Waals surface area contributed by atoms with E-state index in [2.05, 4.69) is 15.0 Å². The van der Waals surface area contributed by atoms with Gasteiger partial charge in [-0.3, -0.25) is 4.57 Å². The van der Waals surface area contributed by atoms with Crippen LogP contribution in [0.25, 0.3) is 21.8 Å². The van der Waals surface area contributed by atoms with Gasteiger partial charge in [0.05, 0.1) is 23.3 Å². The topological polar surface area (TPSA) is 89.6 Å². The average Bonchev–Trinajstić information content (AvgIpc) is 3.00. The molecule has 0 atom stereocenters. The molecule has 0 amide bonds. The van der Waals surface area contributed by atoms with Crippen LogP contribution >= 0.6 is 0 Å². The number of aromatic nitrogens is 4. The highest BCUT2D eigenvalue weighted by Crippen LogP contribution is 2.25. The van der Waals surface area contributed by atoms with Crippen molar-refractivity contribution in [3.8, 4) is 0 Å². The molecule has 0 aliphatic carbocycles. The van der Waals surface area contributed by atoms with Gasteiger partial charge in [0.25, 0.3) is 0 Å². The number of nitrogens with two attached hydrogens (primary N) is 1. The average molecular weight is 291 g/mol. The van der Waals surface area contributed by atoms with Crippen LogP contribution in [-0.4, -0.2) is 19.5 Å². The fourth-order valence-corrected chi connectivity index (χ4v) is 2.67. The molecule has 22 heavy (non-hydrogen) atoms. The smallest absolute Gasteiger partial charge is 0.349 e. The van der Waals surface area contributed by atoms with Crippen LogP contribution in [-0.2, 0) is 6.54 Å². The second-order valence-corrected chi connectivity index (χ2v) is 5.10. The number of fused-ring (bicyclic) bond motifs is 3. The van der Waals surface area contributed by atoms with Gasteiger partial charge in [-0.1, -0.05) is 18.2 Å². The Hall–Kier alpha value is -3.15. The van der Waals surface area contributed by atoms with E-state index in [1.54, 1.807) is 12.3 Å². The predicted molar refractivity (Wildman–Crippen MR) is 85.6 cm³/mol. The molecular formula is C16H13N5O. The third-order valence-electron chi connectivity index (χ3n) is 3.70. The van der Waals surface area contributed by atoms with Crippen LogP contribution in [0.4, 0.5) is 5.82 Å². The molecule has 0 saturated carbocycles. The van der Waals surface area contributed by atoms with Crippen molar-refractivity contribution in [2.75, 3.05) is 5.73 Å². The monoisotopic (exact) mass is 291 g/mol. The SMILES string of the molecule is Nc1ccn(Cc2nc3ccccc3c3cc[nH]c23)c(=O)n1. The van der Waals surface area contributed by atoms with Gasteiger partial charge in [-0.25, -0.2) is 9.78 Å². The summed E-state index contributed by atoms with van der Waals surface area (Å²) in [7, 11) is 0. The zero-order chi connectivity index (χ0) is 15.1. The Labute approximate surface area is 125 Å². The zero-order valence-electron chi connectivity index (χ0n) is 11.7. The summed E-state index contributed by atoms with van der Waals surface area (Å²) < 4.78 is 1.49. The second kappa shape index (κ2) is 4.70. The predicted octanol–water partition coefficient (Wildman–Crippen LogP) is 1.90. The molecule has 4 rings (SSSR count). The lowest BCUT2D eigenvalue weighted by atomic mass is 10.1.